The molecular weight excluding hydrogens is 305 g/mol. The molecule has 0 radical (unpaired) electrons. The molecule has 3 rings (SSSR count). The van der Waals surface area contributed by atoms with Gasteiger partial charge in [0.2, 0.25) is 5.91 Å². The molecule has 0 aromatic heterocycles. The molecule has 132 valence electrons. The third kappa shape index (κ3) is 3.27. The first-order valence-corrected chi connectivity index (χ1v) is 9.05. The summed E-state index contributed by atoms with van der Waals surface area (Å²) in [5.74, 6) is -0.0825. The first-order valence-electron chi connectivity index (χ1n) is 9.05. The average Bonchev–Trinajstić information content (AvgIpc) is 2.97. The zero-order chi connectivity index (χ0) is 17.3. The molecule has 4 nitrogen and oxygen atoms in total. The van der Waals surface area contributed by atoms with Crippen molar-refractivity contribution in [2.24, 2.45) is 5.73 Å². The molecule has 0 bridgehead atoms. The maximum atomic E-state index is 13.4. The van der Waals surface area contributed by atoms with Gasteiger partial charge in [-0.25, -0.2) is 4.39 Å². The lowest BCUT2D eigenvalue weighted by Gasteiger charge is -2.40. The highest BCUT2D eigenvalue weighted by atomic mass is 19.1. The second kappa shape index (κ2) is 6.71. The van der Waals surface area contributed by atoms with E-state index in [1.165, 1.54) is 0 Å². The Bertz CT molecular complexity index is 609. The van der Waals surface area contributed by atoms with Crippen LogP contribution in [0.3, 0.4) is 0 Å². The average molecular weight is 333 g/mol. The molecular formula is C19H28FN3O. The summed E-state index contributed by atoms with van der Waals surface area (Å²) in [7, 11) is 0. The molecule has 1 amide bonds. The van der Waals surface area contributed by atoms with E-state index in [0.29, 0.717) is 6.04 Å². The molecule has 5 heteroatoms. The van der Waals surface area contributed by atoms with Crippen LogP contribution < -0.4 is 10.6 Å². The summed E-state index contributed by atoms with van der Waals surface area (Å²) in [6, 6.07) is 5.52. The van der Waals surface area contributed by atoms with E-state index >= 15 is 0 Å². The van der Waals surface area contributed by atoms with E-state index in [1.54, 1.807) is 12.1 Å². The number of likely N-dealkylation sites (tertiary alicyclic amines) is 1. The van der Waals surface area contributed by atoms with Gasteiger partial charge in [-0.1, -0.05) is 13.3 Å². The van der Waals surface area contributed by atoms with Crippen LogP contribution in [0.2, 0.25) is 0 Å². The number of amides is 1. The molecule has 24 heavy (non-hydrogen) atoms. The Balaban J connectivity index is 1.62. The summed E-state index contributed by atoms with van der Waals surface area (Å²) in [6.45, 7) is 6.36. The molecule has 2 aliphatic rings. The van der Waals surface area contributed by atoms with Crippen molar-refractivity contribution in [3.05, 3.63) is 29.6 Å². The van der Waals surface area contributed by atoms with Crippen molar-refractivity contribution in [2.75, 3.05) is 24.5 Å². The number of fused-ring (bicyclic) bond motifs is 1. The molecule has 1 aromatic carbocycles. The number of halogens is 1. The van der Waals surface area contributed by atoms with E-state index in [1.807, 2.05) is 17.9 Å². The third-order valence-corrected chi connectivity index (χ3v) is 5.42. The van der Waals surface area contributed by atoms with E-state index in [9.17, 15) is 9.18 Å². The van der Waals surface area contributed by atoms with Crippen LogP contribution >= 0.6 is 0 Å². The SMILES string of the molecule is CCCC(C)(N)C(=O)N1CCC(N2CCc3cc(F)ccc32)CC1. The fourth-order valence-electron chi connectivity index (χ4n) is 4.14. The third-order valence-electron chi connectivity index (χ3n) is 5.42. The summed E-state index contributed by atoms with van der Waals surface area (Å²) in [5, 5.41) is 0. The van der Waals surface area contributed by atoms with Crippen molar-refractivity contribution in [3.8, 4) is 0 Å². The van der Waals surface area contributed by atoms with Crippen LogP contribution in [0.25, 0.3) is 0 Å². The second-order valence-electron chi connectivity index (χ2n) is 7.41. The Morgan fingerprint density at radius 1 is 1.33 bits per heavy atom. The zero-order valence-electron chi connectivity index (χ0n) is 14.7. The van der Waals surface area contributed by atoms with Crippen molar-refractivity contribution in [2.45, 2.75) is 57.5 Å². The van der Waals surface area contributed by atoms with Crippen LogP contribution in [0.5, 0.6) is 0 Å². The van der Waals surface area contributed by atoms with Gasteiger partial charge in [0.1, 0.15) is 5.82 Å². The maximum Gasteiger partial charge on any atom is 0.242 e. The lowest BCUT2D eigenvalue weighted by atomic mass is 9.93. The molecule has 1 atom stereocenters. The minimum absolute atomic E-state index is 0.0756. The molecule has 0 spiro atoms. The Morgan fingerprint density at radius 3 is 2.71 bits per heavy atom. The summed E-state index contributed by atoms with van der Waals surface area (Å²) in [5.41, 5.74) is 7.71. The van der Waals surface area contributed by atoms with Crippen molar-refractivity contribution in [3.63, 3.8) is 0 Å². The predicted octanol–water partition coefficient (Wildman–Crippen LogP) is 2.70. The fraction of sp³-hybridized carbons (Fsp3) is 0.632. The van der Waals surface area contributed by atoms with E-state index in [2.05, 4.69) is 11.8 Å². The molecule has 2 aliphatic heterocycles. The van der Waals surface area contributed by atoms with Crippen molar-refractivity contribution < 1.29 is 9.18 Å². The summed E-state index contributed by atoms with van der Waals surface area (Å²) in [4.78, 5) is 16.9. The largest absolute Gasteiger partial charge is 0.368 e. The van der Waals surface area contributed by atoms with Gasteiger partial charge >= 0.3 is 0 Å². The Hall–Kier alpha value is -1.62. The molecule has 2 heterocycles. The number of nitrogens with zero attached hydrogens (tertiary/aromatic N) is 2. The van der Waals surface area contributed by atoms with Gasteiger partial charge < -0.3 is 15.5 Å². The maximum absolute atomic E-state index is 13.4. The van der Waals surface area contributed by atoms with E-state index in [0.717, 1.165) is 63.0 Å². The predicted molar refractivity (Wildman–Crippen MR) is 94.6 cm³/mol. The van der Waals surface area contributed by atoms with Gasteiger partial charge in [-0.15, -0.1) is 0 Å². The molecule has 1 unspecified atom stereocenters. The van der Waals surface area contributed by atoms with Gasteiger partial charge in [0.15, 0.2) is 0 Å². The lowest BCUT2D eigenvalue weighted by molar-refractivity contribution is -0.137. The highest BCUT2D eigenvalue weighted by molar-refractivity contribution is 5.85. The molecule has 1 aromatic rings. The summed E-state index contributed by atoms with van der Waals surface area (Å²) < 4.78 is 13.4. The van der Waals surface area contributed by atoms with Gasteiger partial charge in [-0.3, -0.25) is 4.79 Å². The first kappa shape index (κ1) is 17.2. The number of nitrogens with two attached hydrogens (primary N) is 1. The Kier molecular flexibility index (Phi) is 4.81. The minimum Gasteiger partial charge on any atom is -0.368 e. The van der Waals surface area contributed by atoms with Gasteiger partial charge in [-0.05, 0) is 56.4 Å². The number of benzene rings is 1. The fourth-order valence-corrected chi connectivity index (χ4v) is 4.14. The number of carbonyl (C=O) groups is 1. The van der Waals surface area contributed by atoms with Crippen LogP contribution in [0.15, 0.2) is 18.2 Å². The quantitative estimate of drug-likeness (QED) is 0.922. The van der Waals surface area contributed by atoms with Crippen molar-refractivity contribution >= 4 is 11.6 Å². The normalized spacial score (nSPS) is 20.8. The number of rotatable bonds is 4. The van der Waals surface area contributed by atoms with Gasteiger partial charge in [0.05, 0.1) is 5.54 Å². The second-order valence-corrected chi connectivity index (χ2v) is 7.41. The first-order chi connectivity index (χ1) is 11.4. The van der Waals surface area contributed by atoms with Crippen molar-refractivity contribution in [1.29, 1.82) is 0 Å². The Labute approximate surface area is 143 Å². The molecule has 0 saturated carbocycles. The number of hydrogen-bond acceptors (Lipinski definition) is 3. The van der Waals surface area contributed by atoms with E-state index < -0.39 is 5.54 Å². The number of hydrogen-bond donors (Lipinski definition) is 1. The zero-order valence-corrected chi connectivity index (χ0v) is 14.7. The number of anilines is 1. The van der Waals surface area contributed by atoms with Crippen LogP contribution in [0.4, 0.5) is 10.1 Å². The van der Waals surface area contributed by atoms with Crippen LogP contribution in [-0.2, 0) is 11.2 Å². The van der Waals surface area contributed by atoms with Crippen LogP contribution in [0.1, 0.15) is 45.1 Å². The molecule has 2 N–H and O–H groups in total. The smallest absolute Gasteiger partial charge is 0.242 e. The monoisotopic (exact) mass is 333 g/mol. The van der Waals surface area contributed by atoms with Crippen molar-refractivity contribution in [1.82, 2.24) is 4.90 Å². The topological polar surface area (TPSA) is 49.6 Å². The summed E-state index contributed by atoms with van der Waals surface area (Å²) in [6.07, 6.45) is 4.44. The molecule has 1 fully saturated rings. The number of piperidine rings is 1. The molecule has 1 saturated heterocycles. The van der Waals surface area contributed by atoms with Gasteiger partial charge in [0.25, 0.3) is 0 Å². The summed E-state index contributed by atoms with van der Waals surface area (Å²) >= 11 is 0. The highest BCUT2D eigenvalue weighted by Crippen LogP contribution is 2.33. The van der Waals surface area contributed by atoms with Crippen LogP contribution in [0, 0.1) is 5.82 Å². The van der Waals surface area contributed by atoms with Gasteiger partial charge in [-0.2, -0.15) is 0 Å². The standard InChI is InChI=1S/C19H28FN3O/c1-3-9-19(2,21)18(24)22-10-7-16(8-11-22)23-12-6-14-13-15(20)4-5-17(14)23/h4-5,13,16H,3,6-12,21H2,1-2H3. The Morgan fingerprint density at radius 2 is 2.04 bits per heavy atom. The van der Waals surface area contributed by atoms with Gasteiger partial charge in [0, 0.05) is 31.4 Å². The van der Waals surface area contributed by atoms with Crippen LogP contribution in [-0.4, -0.2) is 42.0 Å². The molecule has 0 aliphatic carbocycles. The van der Waals surface area contributed by atoms with E-state index in [-0.39, 0.29) is 11.7 Å². The minimum atomic E-state index is -0.751. The van der Waals surface area contributed by atoms with E-state index in [4.69, 9.17) is 5.73 Å². The number of carbonyl (C=O) groups excluding carboxylic acids is 1. The lowest BCUT2D eigenvalue weighted by Crippen LogP contribution is -2.56. The highest BCUT2D eigenvalue weighted by Gasteiger charge is 2.36.